The molecule has 0 radical (unpaired) electrons. The van der Waals surface area contributed by atoms with E-state index in [1.54, 1.807) is 17.0 Å². The normalized spacial score (nSPS) is 9.70. The van der Waals surface area contributed by atoms with Crippen LogP contribution in [0.1, 0.15) is 5.82 Å². The highest BCUT2D eigenvalue weighted by Crippen LogP contribution is 1.92. The quantitative estimate of drug-likeness (QED) is 0.610. The van der Waals surface area contributed by atoms with Gasteiger partial charge in [0.15, 0.2) is 0 Å². The molecule has 54 valence electrons. The molecule has 10 heavy (non-hydrogen) atoms. The fraction of sp³-hybridized carbons (Fsp3) is 0.333. The maximum absolute atomic E-state index is 10.4. The van der Waals surface area contributed by atoms with Crippen molar-refractivity contribution in [3.63, 3.8) is 0 Å². The van der Waals surface area contributed by atoms with Crippen molar-refractivity contribution in [1.29, 1.82) is 0 Å². The Morgan fingerprint density at radius 2 is 2.60 bits per heavy atom. The zero-order valence-corrected chi connectivity index (χ0v) is 5.74. The number of aryl methyl sites for hydroxylation is 1. The molecular formula is C6H9N3O. The maximum Gasteiger partial charge on any atom is 0.237 e. The van der Waals surface area contributed by atoms with Gasteiger partial charge in [-0.3, -0.25) is 4.79 Å². The molecule has 4 nitrogen and oxygen atoms in total. The number of hydrogen-bond acceptors (Lipinski definition) is 2. The first-order valence-electron chi connectivity index (χ1n) is 2.96. The molecule has 0 aliphatic rings. The van der Waals surface area contributed by atoms with E-state index in [0.717, 1.165) is 5.82 Å². The minimum atomic E-state index is -0.346. The van der Waals surface area contributed by atoms with Gasteiger partial charge in [0.2, 0.25) is 5.91 Å². The second-order valence-electron chi connectivity index (χ2n) is 2.07. The van der Waals surface area contributed by atoms with Gasteiger partial charge in [-0.05, 0) is 6.92 Å². The first-order chi connectivity index (χ1) is 4.70. The van der Waals surface area contributed by atoms with Gasteiger partial charge in [0.05, 0.1) is 0 Å². The highest BCUT2D eigenvalue weighted by atomic mass is 16.1. The molecule has 0 unspecified atom stereocenters. The molecule has 1 aromatic heterocycles. The van der Waals surface area contributed by atoms with Crippen molar-refractivity contribution in [3.8, 4) is 0 Å². The summed E-state index contributed by atoms with van der Waals surface area (Å²) in [4.78, 5) is 14.3. The summed E-state index contributed by atoms with van der Waals surface area (Å²) >= 11 is 0. The predicted octanol–water partition coefficient (Wildman–Crippen LogP) is -0.323. The number of primary amides is 1. The fourth-order valence-electron chi connectivity index (χ4n) is 0.739. The lowest BCUT2D eigenvalue weighted by molar-refractivity contribution is -0.118. The van der Waals surface area contributed by atoms with E-state index in [1.807, 2.05) is 6.92 Å². The van der Waals surface area contributed by atoms with E-state index in [9.17, 15) is 4.79 Å². The van der Waals surface area contributed by atoms with Crippen LogP contribution >= 0.6 is 0 Å². The first kappa shape index (κ1) is 6.80. The number of imidazole rings is 1. The molecule has 2 N–H and O–H groups in total. The van der Waals surface area contributed by atoms with Gasteiger partial charge < -0.3 is 10.3 Å². The van der Waals surface area contributed by atoms with Crippen molar-refractivity contribution >= 4 is 5.91 Å². The lowest BCUT2D eigenvalue weighted by atomic mass is 10.5. The van der Waals surface area contributed by atoms with Crippen LogP contribution in [0.3, 0.4) is 0 Å². The van der Waals surface area contributed by atoms with Gasteiger partial charge in [0.1, 0.15) is 12.4 Å². The monoisotopic (exact) mass is 139 g/mol. The Bertz CT molecular complexity index is 241. The van der Waals surface area contributed by atoms with Crippen molar-refractivity contribution in [2.45, 2.75) is 13.5 Å². The summed E-state index contributed by atoms with van der Waals surface area (Å²) in [5.41, 5.74) is 4.96. The summed E-state index contributed by atoms with van der Waals surface area (Å²) in [6.07, 6.45) is 3.36. The molecule has 0 atom stereocenters. The molecule has 0 spiro atoms. The van der Waals surface area contributed by atoms with Gasteiger partial charge in [-0.1, -0.05) is 0 Å². The fourth-order valence-corrected chi connectivity index (χ4v) is 0.739. The van der Waals surface area contributed by atoms with Crippen LogP contribution in [0.2, 0.25) is 0 Å². The zero-order valence-electron chi connectivity index (χ0n) is 5.74. The second-order valence-corrected chi connectivity index (χ2v) is 2.07. The Morgan fingerprint density at radius 1 is 1.90 bits per heavy atom. The van der Waals surface area contributed by atoms with E-state index >= 15 is 0 Å². The number of amides is 1. The molecule has 0 fully saturated rings. The smallest absolute Gasteiger partial charge is 0.237 e. The van der Waals surface area contributed by atoms with E-state index in [-0.39, 0.29) is 12.5 Å². The summed E-state index contributed by atoms with van der Waals surface area (Å²) in [7, 11) is 0. The van der Waals surface area contributed by atoms with Gasteiger partial charge in [-0.15, -0.1) is 0 Å². The number of carbonyl (C=O) groups excluding carboxylic acids is 1. The molecular weight excluding hydrogens is 130 g/mol. The minimum absolute atomic E-state index is 0.214. The van der Waals surface area contributed by atoms with Crippen molar-refractivity contribution in [2.24, 2.45) is 5.73 Å². The van der Waals surface area contributed by atoms with Gasteiger partial charge in [-0.25, -0.2) is 4.98 Å². The SMILES string of the molecule is Cc1nccn1CC(N)=O. The molecule has 0 saturated heterocycles. The van der Waals surface area contributed by atoms with Crippen molar-refractivity contribution in [3.05, 3.63) is 18.2 Å². The maximum atomic E-state index is 10.4. The summed E-state index contributed by atoms with van der Waals surface area (Å²) < 4.78 is 1.70. The topological polar surface area (TPSA) is 60.9 Å². The Labute approximate surface area is 58.7 Å². The summed E-state index contributed by atoms with van der Waals surface area (Å²) in [6.45, 7) is 2.04. The molecule has 1 rings (SSSR count). The number of nitrogens with zero attached hydrogens (tertiary/aromatic N) is 2. The zero-order chi connectivity index (χ0) is 7.56. The van der Waals surface area contributed by atoms with Gasteiger partial charge in [0, 0.05) is 12.4 Å². The molecule has 4 heteroatoms. The third-order valence-electron chi connectivity index (χ3n) is 1.25. The average molecular weight is 139 g/mol. The Morgan fingerprint density at radius 3 is 3.00 bits per heavy atom. The number of carbonyl (C=O) groups is 1. The standard InChI is InChI=1S/C6H9N3O/c1-5-8-2-3-9(5)4-6(7)10/h2-3H,4H2,1H3,(H2,7,10). The van der Waals surface area contributed by atoms with Crippen LogP contribution in [0.4, 0.5) is 0 Å². The van der Waals surface area contributed by atoms with Crippen LogP contribution in [-0.2, 0) is 11.3 Å². The molecule has 1 heterocycles. The van der Waals surface area contributed by atoms with E-state index in [2.05, 4.69) is 4.98 Å². The number of hydrogen-bond donors (Lipinski definition) is 1. The van der Waals surface area contributed by atoms with E-state index in [4.69, 9.17) is 5.73 Å². The minimum Gasteiger partial charge on any atom is -0.368 e. The first-order valence-corrected chi connectivity index (χ1v) is 2.96. The third kappa shape index (κ3) is 1.34. The van der Waals surface area contributed by atoms with E-state index in [0.29, 0.717) is 0 Å². The van der Waals surface area contributed by atoms with Crippen molar-refractivity contribution in [1.82, 2.24) is 9.55 Å². The van der Waals surface area contributed by atoms with Gasteiger partial charge in [0.25, 0.3) is 0 Å². The summed E-state index contributed by atoms with van der Waals surface area (Å²) in [6, 6.07) is 0. The third-order valence-corrected chi connectivity index (χ3v) is 1.25. The average Bonchev–Trinajstić information content (AvgIpc) is 2.15. The summed E-state index contributed by atoms with van der Waals surface area (Å²) in [5, 5.41) is 0. The molecule has 0 aliphatic heterocycles. The Kier molecular flexibility index (Phi) is 1.71. The van der Waals surface area contributed by atoms with Crippen LogP contribution in [0.15, 0.2) is 12.4 Å². The molecule has 0 aliphatic carbocycles. The van der Waals surface area contributed by atoms with Gasteiger partial charge >= 0.3 is 0 Å². The second kappa shape index (κ2) is 2.51. The van der Waals surface area contributed by atoms with Crippen LogP contribution in [0.25, 0.3) is 0 Å². The molecule has 0 saturated carbocycles. The highest BCUT2D eigenvalue weighted by Gasteiger charge is 1.98. The molecule has 1 aromatic rings. The van der Waals surface area contributed by atoms with Crippen molar-refractivity contribution < 1.29 is 4.79 Å². The van der Waals surface area contributed by atoms with Crippen molar-refractivity contribution in [2.75, 3.05) is 0 Å². The highest BCUT2D eigenvalue weighted by molar-refractivity contribution is 5.73. The molecule has 1 amide bonds. The summed E-state index contributed by atoms with van der Waals surface area (Å²) in [5.74, 6) is 0.458. The molecule has 0 bridgehead atoms. The van der Waals surface area contributed by atoms with E-state index in [1.165, 1.54) is 0 Å². The Balaban J connectivity index is 2.74. The largest absolute Gasteiger partial charge is 0.368 e. The van der Waals surface area contributed by atoms with Gasteiger partial charge in [-0.2, -0.15) is 0 Å². The van der Waals surface area contributed by atoms with Crippen LogP contribution < -0.4 is 5.73 Å². The number of rotatable bonds is 2. The van der Waals surface area contributed by atoms with E-state index < -0.39 is 0 Å². The lowest BCUT2D eigenvalue weighted by Crippen LogP contribution is -2.18. The molecule has 0 aromatic carbocycles. The van der Waals surface area contributed by atoms with Crippen LogP contribution in [-0.4, -0.2) is 15.5 Å². The van der Waals surface area contributed by atoms with Crippen LogP contribution in [0, 0.1) is 6.92 Å². The lowest BCUT2D eigenvalue weighted by Gasteiger charge is -1.98. The Hall–Kier alpha value is -1.32. The number of nitrogens with two attached hydrogens (primary N) is 1. The van der Waals surface area contributed by atoms with Crippen LogP contribution in [0.5, 0.6) is 0 Å². The predicted molar refractivity (Wildman–Crippen MR) is 36.2 cm³/mol. The number of aromatic nitrogens is 2.